The van der Waals surface area contributed by atoms with Crippen LogP contribution in [0.25, 0.3) is 0 Å². The fourth-order valence-corrected chi connectivity index (χ4v) is 2.30. The van der Waals surface area contributed by atoms with Crippen molar-refractivity contribution < 1.29 is 9.84 Å². The van der Waals surface area contributed by atoms with Crippen molar-refractivity contribution in [3.05, 3.63) is 28.2 Å². The van der Waals surface area contributed by atoms with Gasteiger partial charge in [0.1, 0.15) is 5.75 Å². The van der Waals surface area contributed by atoms with Gasteiger partial charge in [0.15, 0.2) is 0 Å². The van der Waals surface area contributed by atoms with Gasteiger partial charge in [-0.05, 0) is 25.1 Å². The van der Waals surface area contributed by atoms with E-state index in [1.165, 1.54) is 0 Å². The summed E-state index contributed by atoms with van der Waals surface area (Å²) in [7, 11) is 0. The number of phenolic OH excluding ortho intramolecular Hbond substituents is 1. The van der Waals surface area contributed by atoms with Crippen molar-refractivity contribution in [3.63, 3.8) is 0 Å². The van der Waals surface area contributed by atoms with E-state index in [0.717, 1.165) is 36.3 Å². The number of aromatic hydroxyl groups is 1. The summed E-state index contributed by atoms with van der Waals surface area (Å²) in [4.78, 5) is 2.32. The van der Waals surface area contributed by atoms with Crippen molar-refractivity contribution in [3.8, 4) is 5.75 Å². The molecule has 0 aromatic heterocycles. The lowest BCUT2D eigenvalue weighted by Gasteiger charge is -2.33. The zero-order valence-electron chi connectivity index (χ0n) is 9.32. The van der Waals surface area contributed by atoms with Crippen LogP contribution < -0.4 is 0 Å². The lowest BCUT2D eigenvalue weighted by molar-refractivity contribution is -0.00464. The smallest absolute Gasteiger partial charge is 0.120 e. The minimum atomic E-state index is 0.363. The number of morpholine rings is 1. The molecule has 88 valence electrons. The lowest BCUT2D eigenvalue weighted by Crippen LogP contribution is -2.42. The molecule has 0 amide bonds. The highest BCUT2D eigenvalue weighted by Gasteiger charge is 2.19. The molecule has 1 aliphatic heterocycles. The van der Waals surface area contributed by atoms with Crippen LogP contribution >= 0.6 is 15.9 Å². The number of rotatable bonds is 2. The molecule has 1 aromatic carbocycles. The fourth-order valence-electron chi connectivity index (χ4n) is 1.90. The van der Waals surface area contributed by atoms with Gasteiger partial charge in [0.2, 0.25) is 0 Å². The van der Waals surface area contributed by atoms with Crippen LogP contribution in [0.3, 0.4) is 0 Å². The quantitative estimate of drug-likeness (QED) is 0.906. The van der Waals surface area contributed by atoms with Gasteiger partial charge in [-0.2, -0.15) is 0 Å². The molecule has 0 saturated carbocycles. The minimum absolute atomic E-state index is 0.363. The maximum Gasteiger partial charge on any atom is 0.120 e. The number of hydrogen-bond donors (Lipinski definition) is 1. The number of phenols is 1. The van der Waals surface area contributed by atoms with Crippen LogP contribution in [0.15, 0.2) is 22.7 Å². The van der Waals surface area contributed by atoms with Crippen molar-refractivity contribution in [1.82, 2.24) is 4.90 Å². The molecule has 0 bridgehead atoms. The molecule has 3 nitrogen and oxygen atoms in total. The molecule has 0 spiro atoms. The molecule has 1 heterocycles. The molecule has 1 aliphatic rings. The first-order chi connectivity index (χ1) is 7.66. The van der Waals surface area contributed by atoms with Crippen molar-refractivity contribution in [2.75, 3.05) is 19.8 Å². The molecule has 1 fully saturated rings. The molecule has 2 rings (SSSR count). The Hall–Kier alpha value is -0.580. The van der Waals surface area contributed by atoms with Gasteiger partial charge in [-0.3, -0.25) is 4.90 Å². The summed E-state index contributed by atoms with van der Waals surface area (Å²) in [5.41, 5.74) is 0.961. The van der Waals surface area contributed by atoms with Crippen LogP contribution in [0.1, 0.15) is 12.5 Å². The second-order valence-electron chi connectivity index (χ2n) is 4.17. The Morgan fingerprint density at radius 3 is 3.12 bits per heavy atom. The summed E-state index contributed by atoms with van der Waals surface area (Å²) in [5.74, 6) is 0.363. The van der Waals surface area contributed by atoms with Gasteiger partial charge >= 0.3 is 0 Å². The Morgan fingerprint density at radius 2 is 2.38 bits per heavy atom. The molecular formula is C12H16BrNO2. The van der Waals surface area contributed by atoms with E-state index in [0.29, 0.717) is 11.8 Å². The van der Waals surface area contributed by atoms with E-state index in [1.54, 1.807) is 6.07 Å². The maximum atomic E-state index is 9.77. The molecule has 0 aliphatic carbocycles. The molecule has 1 unspecified atom stereocenters. The normalized spacial score (nSPS) is 22.2. The predicted octanol–water partition coefficient (Wildman–Crippen LogP) is 2.38. The van der Waals surface area contributed by atoms with Crippen LogP contribution in [0.4, 0.5) is 0 Å². The molecule has 16 heavy (non-hydrogen) atoms. The highest BCUT2D eigenvalue weighted by atomic mass is 79.9. The molecule has 1 atom stereocenters. The van der Waals surface area contributed by atoms with Gasteiger partial charge in [-0.1, -0.05) is 15.9 Å². The molecule has 4 heteroatoms. The van der Waals surface area contributed by atoms with Gasteiger partial charge in [0.05, 0.1) is 13.2 Å². The highest BCUT2D eigenvalue weighted by molar-refractivity contribution is 9.10. The zero-order chi connectivity index (χ0) is 11.5. The third-order valence-corrected chi connectivity index (χ3v) is 3.41. The standard InChI is InChI=1S/C12H16BrNO2/c1-9-8-16-5-4-14(9)7-10-6-11(13)2-3-12(10)15/h2-3,6,9,15H,4-5,7-8H2,1H3. The third-order valence-electron chi connectivity index (χ3n) is 2.92. The monoisotopic (exact) mass is 285 g/mol. The van der Waals surface area contributed by atoms with Gasteiger partial charge in [-0.15, -0.1) is 0 Å². The van der Waals surface area contributed by atoms with Crippen LogP contribution in [-0.2, 0) is 11.3 Å². The molecule has 1 N–H and O–H groups in total. The van der Waals surface area contributed by atoms with E-state index >= 15 is 0 Å². The van der Waals surface area contributed by atoms with E-state index in [4.69, 9.17) is 4.74 Å². The number of nitrogens with zero attached hydrogens (tertiary/aromatic N) is 1. The molecular weight excluding hydrogens is 270 g/mol. The number of benzene rings is 1. The highest BCUT2D eigenvalue weighted by Crippen LogP contribution is 2.24. The second kappa shape index (κ2) is 5.17. The van der Waals surface area contributed by atoms with E-state index in [9.17, 15) is 5.11 Å². The van der Waals surface area contributed by atoms with Gasteiger partial charge in [-0.25, -0.2) is 0 Å². The molecule has 1 saturated heterocycles. The van der Waals surface area contributed by atoms with Crippen LogP contribution in [0, 0.1) is 0 Å². The Balaban J connectivity index is 2.10. The summed E-state index contributed by atoms with van der Waals surface area (Å²) in [6.07, 6.45) is 0. The molecule has 0 radical (unpaired) electrons. The van der Waals surface area contributed by atoms with E-state index in [2.05, 4.69) is 27.8 Å². The van der Waals surface area contributed by atoms with Crippen molar-refractivity contribution in [2.45, 2.75) is 19.5 Å². The van der Waals surface area contributed by atoms with Crippen molar-refractivity contribution in [2.24, 2.45) is 0 Å². The van der Waals surface area contributed by atoms with Crippen LogP contribution in [0.5, 0.6) is 5.75 Å². The summed E-state index contributed by atoms with van der Waals surface area (Å²) < 4.78 is 6.39. The Labute approximate surface area is 104 Å². The number of halogens is 1. The van der Waals surface area contributed by atoms with Gasteiger partial charge < -0.3 is 9.84 Å². The first kappa shape index (κ1) is 11.9. The second-order valence-corrected chi connectivity index (χ2v) is 5.08. The van der Waals surface area contributed by atoms with Gasteiger partial charge in [0, 0.05) is 29.2 Å². The minimum Gasteiger partial charge on any atom is -0.508 e. The topological polar surface area (TPSA) is 32.7 Å². The van der Waals surface area contributed by atoms with Gasteiger partial charge in [0.25, 0.3) is 0 Å². The largest absolute Gasteiger partial charge is 0.508 e. The Bertz CT molecular complexity index is 370. The summed E-state index contributed by atoms with van der Waals surface area (Å²) in [5, 5.41) is 9.77. The Morgan fingerprint density at radius 1 is 1.56 bits per heavy atom. The third kappa shape index (κ3) is 2.75. The van der Waals surface area contributed by atoms with E-state index in [1.807, 2.05) is 12.1 Å². The predicted molar refractivity (Wildman–Crippen MR) is 66.5 cm³/mol. The number of ether oxygens (including phenoxy) is 1. The number of hydrogen-bond acceptors (Lipinski definition) is 3. The average Bonchev–Trinajstić information content (AvgIpc) is 2.27. The SMILES string of the molecule is CC1COCCN1Cc1cc(Br)ccc1O. The summed E-state index contributed by atoms with van der Waals surface area (Å²) in [6.45, 7) is 5.39. The van der Waals surface area contributed by atoms with E-state index in [-0.39, 0.29) is 0 Å². The molecule has 1 aromatic rings. The van der Waals surface area contributed by atoms with Crippen molar-refractivity contribution in [1.29, 1.82) is 0 Å². The Kier molecular flexibility index (Phi) is 3.84. The summed E-state index contributed by atoms with van der Waals surface area (Å²) in [6, 6.07) is 5.95. The van der Waals surface area contributed by atoms with Crippen LogP contribution in [-0.4, -0.2) is 35.8 Å². The first-order valence-electron chi connectivity index (χ1n) is 5.46. The van der Waals surface area contributed by atoms with Crippen LogP contribution in [0.2, 0.25) is 0 Å². The van der Waals surface area contributed by atoms with Crippen molar-refractivity contribution >= 4 is 15.9 Å². The summed E-state index contributed by atoms with van der Waals surface area (Å²) >= 11 is 3.42. The maximum absolute atomic E-state index is 9.77. The lowest BCUT2D eigenvalue weighted by atomic mass is 10.1. The van der Waals surface area contributed by atoms with E-state index < -0.39 is 0 Å². The average molecular weight is 286 g/mol. The fraction of sp³-hybridized carbons (Fsp3) is 0.500. The zero-order valence-corrected chi connectivity index (χ0v) is 10.9. The first-order valence-corrected chi connectivity index (χ1v) is 6.25.